The molecule has 2 aromatic carbocycles. The molecule has 3 aromatic heterocycles. The zero-order valence-corrected chi connectivity index (χ0v) is 32.0. The summed E-state index contributed by atoms with van der Waals surface area (Å²) in [6, 6.07) is 16.8. The third kappa shape index (κ3) is 6.42. The molecule has 13 heteroatoms. The average molecular weight is 768 g/mol. The number of benzene rings is 2. The van der Waals surface area contributed by atoms with Crippen LogP contribution in [0.1, 0.15) is 65.7 Å². The molecule has 7 heterocycles. The molecule has 1 unspecified atom stereocenters. The van der Waals surface area contributed by atoms with Crippen LogP contribution < -0.4 is 15.0 Å². The molecule has 0 bridgehead atoms. The quantitative estimate of drug-likeness (QED) is 0.135. The molecule has 0 radical (unpaired) electrons. The maximum absolute atomic E-state index is 13.1. The Balaban J connectivity index is 0.609. The fraction of sp³-hybridized carbons (Fsp3) is 0.409. The van der Waals surface area contributed by atoms with Crippen LogP contribution in [-0.2, 0) is 21.4 Å². The van der Waals surface area contributed by atoms with Crippen molar-refractivity contribution < 1.29 is 28.7 Å². The van der Waals surface area contributed by atoms with Crippen molar-refractivity contribution in [3.05, 3.63) is 84.3 Å². The number of aryl methyl sites for hydroxylation is 1. The van der Waals surface area contributed by atoms with Crippen LogP contribution in [0.4, 0.5) is 5.82 Å². The topological polar surface area (TPSA) is 139 Å². The molecule has 4 amide bonds. The van der Waals surface area contributed by atoms with Gasteiger partial charge in [-0.3, -0.25) is 34.4 Å². The number of carbonyl (C=O) groups is 4. The van der Waals surface area contributed by atoms with Crippen molar-refractivity contribution in [2.24, 2.45) is 12.5 Å². The van der Waals surface area contributed by atoms with Crippen molar-refractivity contribution in [1.82, 2.24) is 29.7 Å². The van der Waals surface area contributed by atoms with Crippen molar-refractivity contribution in [3.8, 4) is 16.9 Å². The van der Waals surface area contributed by atoms with Crippen LogP contribution in [-0.4, -0.2) is 106 Å². The maximum atomic E-state index is 13.1. The van der Waals surface area contributed by atoms with E-state index in [0.717, 1.165) is 86.7 Å². The lowest BCUT2D eigenvalue weighted by atomic mass is 9.61. The fourth-order valence-electron chi connectivity index (χ4n) is 9.63. The number of hydrogen-bond acceptors (Lipinski definition) is 10. The number of nitrogens with one attached hydrogen (secondary N) is 1. The van der Waals surface area contributed by atoms with Gasteiger partial charge in [0.25, 0.3) is 11.8 Å². The highest BCUT2D eigenvalue weighted by atomic mass is 16.5. The minimum absolute atomic E-state index is 0.0913. The average Bonchev–Trinajstić information content (AvgIpc) is 3.59. The number of fused-ring (bicyclic) bond motifs is 4. The molecular weight excluding hydrogens is 723 g/mol. The third-order valence-electron chi connectivity index (χ3n) is 12.7. The van der Waals surface area contributed by atoms with Gasteiger partial charge in [0.2, 0.25) is 11.8 Å². The van der Waals surface area contributed by atoms with E-state index in [2.05, 4.69) is 68.1 Å². The number of hydrogen-bond donors (Lipinski definition) is 1. The minimum Gasteiger partial charge on any atom is -0.494 e. The highest BCUT2D eigenvalue weighted by Gasteiger charge is 2.53. The van der Waals surface area contributed by atoms with Crippen molar-refractivity contribution in [2.75, 3.05) is 44.2 Å². The molecule has 1 N–H and O–H groups in total. The van der Waals surface area contributed by atoms with Gasteiger partial charge in [0.1, 0.15) is 17.6 Å². The second-order valence-corrected chi connectivity index (χ2v) is 16.6. The van der Waals surface area contributed by atoms with Crippen molar-refractivity contribution in [2.45, 2.75) is 63.2 Å². The number of amides is 4. The van der Waals surface area contributed by atoms with E-state index in [-0.39, 0.29) is 30.1 Å². The smallest absolute Gasteiger partial charge is 0.262 e. The Morgan fingerprint density at radius 1 is 0.825 bits per heavy atom. The summed E-state index contributed by atoms with van der Waals surface area (Å²) >= 11 is 0. The number of carbonyl (C=O) groups excluding carboxylic acids is 4. The maximum Gasteiger partial charge on any atom is 0.262 e. The van der Waals surface area contributed by atoms with Gasteiger partial charge in [-0.1, -0.05) is 12.1 Å². The highest BCUT2D eigenvalue weighted by molar-refractivity contribution is 6.23. The van der Waals surface area contributed by atoms with E-state index in [1.165, 1.54) is 21.8 Å². The number of unbranched alkanes of at least 4 members (excludes halogenated alkanes) is 2. The van der Waals surface area contributed by atoms with Crippen molar-refractivity contribution >= 4 is 51.3 Å². The predicted octanol–water partition coefficient (Wildman–Crippen LogP) is 5.11. The van der Waals surface area contributed by atoms with Crippen LogP contribution in [0.15, 0.2) is 73.2 Å². The Morgan fingerprint density at radius 3 is 2.46 bits per heavy atom. The van der Waals surface area contributed by atoms with Gasteiger partial charge in [0.15, 0.2) is 0 Å². The van der Waals surface area contributed by atoms with Crippen LogP contribution in [0, 0.1) is 5.41 Å². The summed E-state index contributed by atoms with van der Waals surface area (Å²) in [5.74, 6) is -0.524. The summed E-state index contributed by atoms with van der Waals surface area (Å²) in [4.78, 5) is 64.8. The monoisotopic (exact) mass is 767 g/mol. The van der Waals surface area contributed by atoms with E-state index in [9.17, 15) is 19.2 Å². The molecular formula is C44H45N7O6. The molecule has 1 spiro atoms. The molecule has 5 aromatic rings. The lowest BCUT2D eigenvalue weighted by molar-refractivity contribution is -0.171. The van der Waals surface area contributed by atoms with E-state index >= 15 is 0 Å². The Hall–Kier alpha value is -5.66. The van der Waals surface area contributed by atoms with Gasteiger partial charge >= 0.3 is 0 Å². The molecule has 1 aliphatic carbocycles. The zero-order chi connectivity index (χ0) is 38.8. The van der Waals surface area contributed by atoms with Gasteiger partial charge in [-0.15, -0.1) is 0 Å². The van der Waals surface area contributed by atoms with E-state index < -0.39 is 29.7 Å². The summed E-state index contributed by atoms with van der Waals surface area (Å²) in [7, 11) is 2.10. The lowest BCUT2D eigenvalue weighted by Gasteiger charge is -2.60. The number of anilines is 1. The van der Waals surface area contributed by atoms with Gasteiger partial charge in [0, 0.05) is 85.5 Å². The Labute approximate surface area is 329 Å². The van der Waals surface area contributed by atoms with E-state index in [4.69, 9.17) is 14.5 Å². The second kappa shape index (κ2) is 14.1. The number of rotatable bonds is 12. The summed E-state index contributed by atoms with van der Waals surface area (Å²) in [5, 5.41) is 4.60. The third-order valence-corrected chi connectivity index (χ3v) is 12.7. The zero-order valence-electron chi connectivity index (χ0n) is 32.0. The van der Waals surface area contributed by atoms with E-state index in [0.29, 0.717) is 23.9 Å². The van der Waals surface area contributed by atoms with Crippen LogP contribution in [0.2, 0.25) is 0 Å². The lowest BCUT2D eigenvalue weighted by Crippen LogP contribution is -2.65. The van der Waals surface area contributed by atoms with Crippen LogP contribution in [0.3, 0.4) is 0 Å². The van der Waals surface area contributed by atoms with Gasteiger partial charge in [-0.25, -0.2) is 4.98 Å². The standard InChI is InChI=1S/C44H45N7O6/c1-48-36-13-14-45-22-35(36)32-8-5-27(17-38(32)48)28-6-11-39(46-21-28)50-23-31(24-50)57-30-19-44(20-30)25-49(26-44)15-3-2-4-16-56-29-7-9-33-34(18-29)43(55)51(42(33)54)37-10-12-40(52)47-41(37)53/h5-9,11,13-14,17-18,21-22,30-31,37H,2-4,10,12,15-16,19-20,23-26H2,1H3,(H,47,52,53). The SMILES string of the molecule is Cn1c2ccncc2c2ccc(-c3ccc(N4CC(OC5CC6(C5)CN(CCCCCOc5ccc7c(c5)C(=O)N(C5CCC(=O)NC5=O)C7=O)C6)C4)nc3)cc21. The first-order valence-corrected chi connectivity index (χ1v) is 20.1. The number of imide groups is 2. The highest BCUT2D eigenvalue weighted by Crippen LogP contribution is 2.50. The molecule has 57 heavy (non-hydrogen) atoms. The molecule has 10 rings (SSSR count). The molecule has 4 aliphatic heterocycles. The Kier molecular flexibility index (Phi) is 8.82. The van der Waals surface area contributed by atoms with E-state index in [1.807, 2.05) is 18.6 Å². The largest absolute Gasteiger partial charge is 0.494 e. The summed E-state index contributed by atoms with van der Waals surface area (Å²) in [6.45, 7) is 5.67. The van der Waals surface area contributed by atoms with Gasteiger partial charge < -0.3 is 23.8 Å². The van der Waals surface area contributed by atoms with Crippen LogP contribution in [0.5, 0.6) is 5.75 Å². The molecule has 13 nitrogen and oxygen atoms in total. The number of nitrogens with zero attached hydrogens (tertiary/aromatic N) is 6. The normalized spacial score (nSPS) is 20.9. The molecule has 1 saturated carbocycles. The van der Waals surface area contributed by atoms with E-state index in [1.54, 1.807) is 18.2 Å². The summed E-state index contributed by atoms with van der Waals surface area (Å²) in [6.07, 6.45) is 11.9. The summed E-state index contributed by atoms with van der Waals surface area (Å²) < 4.78 is 14.6. The number of aromatic nitrogens is 3. The van der Waals surface area contributed by atoms with Crippen molar-refractivity contribution in [3.63, 3.8) is 0 Å². The van der Waals surface area contributed by atoms with Crippen molar-refractivity contribution in [1.29, 1.82) is 0 Å². The minimum atomic E-state index is -0.975. The summed E-state index contributed by atoms with van der Waals surface area (Å²) in [5.41, 5.74) is 5.55. The number of ether oxygens (including phenoxy) is 2. The van der Waals surface area contributed by atoms with Gasteiger partial charge in [-0.2, -0.15) is 0 Å². The fourth-order valence-corrected chi connectivity index (χ4v) is 9.63. The second-order valence-electron chi connectivity index (χ2n) is 16.6. The van der Waals surface area contributed by atoms with Crippen LogP contribution in [0.25, 0.3) is 32.9 Å². The first-order chi connectivity index (χ1) is 27.7. The Bertz CT molecular complexity index is 2430. The van der Waals surface area contributed by atoms with Gasteiger partial charge in [0.05, 0.1) is 35.5 Å². The predicted molar refractivity (Wildman–Crippen MR) is 213 cm³/mol. The van der Waals surface area contributed by atoms with Gasteiger partial charge in [-0.05, 0) is 93.1 Å². The first-order valence-electron chi connectivity index (χ1n) is 20.1. The number of likely N-dealkylation sites (tertiary alicyclic amines) is 1. The molecule has 3 saturated heterocycles. The Morgan fingerprint density at radius 2 is 1.65 bits per heavy atom. The molecule has 1 atom stereocenters. The number of piperidine rings is 1. The number of pyridine rings is 2. The molecule has 292 valence electrons. The first kappa shape index (κ1) is 35.7. The molecule has 5 aliphatic rings. The van der Waals surface area contributed by atoms with Crippen LogP contribution >= 0.6 is 0 Å². The molecule has 4 fully saturated rings.